The van der Waals surface area contributed by atoms with Crippen molar-refractivity contribution in [3.8, 4) is 0 Å². The number of nitrogens with one attached hydrogen (secondary N) is 1. The van der Waals surface area contributed by atoms with E-state index >= 15 is 0 Å². The Balaban J connectivity index is 0.0000372. The van der Waals surface area contributed by atoms with E-state index < -0.39 is 59.9 Å². The lowest BCUT2D eigenvalue weighted by Gasteiger charge is -2.42. The predicted octanol–water partition coefficient (Wildman–Crippen LogP) is 10.1. The lowest BCUT2D eigenvalue weighted by molar-refractivity contribution is -0.298. The molecule has 1 heterocycles. The van der Waals surface area contributed by atoms with Crippen LogP contribution in [0.1, 0.15) is 219 Å². The van der Waals surface area contributed by atoms with Crippen LogP contribution in [-0.2, 0) is 28.9 Å². The maximum absolute atomic E-state index is 13.0. The number of quaternary nitrogens is 1. The molecule has 1 aliphatic rings. The first kappa shape index (κ1) is 60.5. The van der Waals surface area contributed by atoms with E-state index in [9.17, 15) is 38.2 Å². The molecule has 0 bridgehead atoms. The number of amides is 1. The van der Waals surface area contributed by atoms with Crippen LogP contribution in [0.3, 0.4) is 0 Å². The third kappa shape index (κ3) is 33.1. The molecular weight excluding hydrogens is 813 g/mol. The molecule has 62 heavy (non-hydrogen) atoms. The molecule has 1 rings (SSSR count). The van der Waals surface area contributed by atoms with Crippen molar-refractivity contribution in [2.24, 2.45) is 0 Å². The summed E-state index contributed by atoms with van der Waals surface area (Å²) in [6, 6.07) is -0.953. The standard InChI is InChI=1S/C48H91NO11S.H3N/c1-3-5-7-9-11-13-15-17-18-19-20-21-22-23-24-26-28-30-32-34-36-38-44(52)49-41(42(51)37-35-33-31-29-27-25-16-14-12-10-8-6-4-2)40-58-48-46(54)47(60-61(55,56)57)45(53)43(39-50)59-48;/h17-18,35,37,41-43,45-48,50-51,53-54H,3-16,19-34,36,38-40H2,1-2H3,(H,49,52)(H,55,56,57);1H3/b18-17-,37-35+;/t41-,42+,43?,45-,46?,47-,48+;/m0./s1. The summed E-state index contributed by atoms with van der Waals surface area (Å²) in [5.74, 6) is -0.271. The van der Waals surface area contributed by atoms with Crippen LogP contribution in [-0.4, -0.2) is 95.4 Å². The maximum atomic E-state index is 13.0. The molecular formula is C48H94N2O11S. The van der Waals surface area contributed by atoms with Crippen molar-refractivity contribution in [2.45, 2.75) is 262 Å². The quantitative estimate of drug-likeness (QED) is 0.0146. The number of carbonyl (C=O) groups excluding carboxylic acids is 1. The molecule has 0 aliphatic carbocycles. The lowest BCUT2D eigenvalue weighted by atomic mass is 9.99. The number of hydrogen-bond donors (Lipinski definition) is 6. The minimum absolute atomic E-state index is 0. The second-order valence-electron chi connectivity index (χ2n) is 17.4. The minimum Gasteiger partial charge on any atom is -0.726 e. The molecule has 9 N–H and O–H groups in total. The smallest absolute Gasteiger partial charge is 0.220 e. The van der Waals surface area contributed by atoms with E-state index in [0.717, 1.165) is 38.5 Å². The Morgan fingerprint density at radius 2 is 1.06 bits per heavy atom. The average molecular weight is 907 g/mol. The molecule has 1 fully saturated rings. The van der Waals surface area contributed by atoms with E-state index in [2.05, 4.69) is 35.5 Å². The van der Waals surface area contributed by atoms with Crippen LogP contribution < -0.4 is 11.5 Å². The summed E-state index contributed by atoms with van der Waals surface area (Å²) in [7, 11) is -5.33. The van der Waals surface area contributed by atoms with Crippen LogP contribution in [0.25, 0.3) is 0 Å². The minimum atomic E-state index is -5.33. The molecule has 0 spiro atoms. The number of aliphatic hydroxyl groups excluding tert-OH is 4. The fraction of sp³-hybridized carbons (Fsp3) is 0.896. The zero-order valence-corrected chi connectivity index (χ0v) is 40.3. The number of allylic oxidation sites excluding steroid dienone is 3. The fourth-order valence-electron chi connectivity index (χ4n) is 7.86. The van der Waals surface area contributed by atoms with Gasteiger partial charge in [-0.05, 0) is 44.9 Å². The number of aliphatic hydroxyl groups is 4. The highest BCUT2D eigenvalue weighted by Gasteiger charge is 2.47. The summed E-state index contributed by atoms with van der Waals surface area (Å²) in [5.41, 5.74) is 0. The molecule has 2 unspecified atom stereocenters. The number of hydrogen-bond acceptors (Lipinski definition) is 11. The first-order valence-electron chi connectivity index (χ1n) is 24.7. The second kappa shape index (κ2) is 41.0. The molecule has 0 aromatic rings. The van der Waals surface area contributed by atoms with E-state index in [1.165, 1.54) is 154 Å². The van der Waals surface area contributed by atoms with E-state index in [4.69, 9.17) is 9.47 Å². The zero-order valence-electron chi connectivity index (χ0n) is 39.4. The summed E-state index contributed by atoms with van der Waals surface area (Å²) in [5, 5.41) is 44.6. The molecule has 7 atom stereocenters. The molecule has 1 amide bonds. The summed E-state index contributed by atoms with van der Waals surface area (Å²) >= 11 is 0. The van der Waals surface area contributed by atoms with Crippen LogP contribution in [0.15, 0.2) is 24.3 Å². The SMILES string of the molecule is CCCCCCCC/C=C\CCCCCCCCCCCCCC(=O)N[C@@H](CO[C@@H]1OC(CO)[C@H](O)[C@H](OS(=O)(=O)[O-])C1O)[C@H](O)/C=C/CCCCCCCCCCCCC.[NH4+]. The molecule has 0 aromatic carbocycles. The Labute approximate surface area is 378 Å². The highest BCUT2D eigenvalue weighted by molar-refractivity contribution is 7.80. The first-order valence-corrected chi connectivity index (χ1v) is 26.0. The van der Waals surface area contributed by atoms with Crippen molar-refractivity contribution in [1.29, 1.82) is 0 Å². The van der Waals surface area contributed by atoms with Crippen LogP contribution in [0.2, 0.25) is 0 Å². The van der Waals surface area contributed by atoms with Crippen molar-refractivity contribution in [2.75, 3.05) is 13.2 Å². The molecule has 0 aromatic heterocycles. The topological polar surface area (TPSA) is 231 Å². The van der Waals surface area contributed by atoms with E-state index in [1.807, 2.05) is 6.08 Å². The predicted molar refractivity (Wildman–Crippen MR) is 250 cm³/mol. The maximum Gasteiger partial charge on any atom is 0.220 e. The van der Waals surface area contributed by atoms with Gasteiger partial charge in [0.1, 0.15) is 24.4 Å². The molecule has 13 nitrogen and oxygen atoms in total. The van der Waals surface area contributed by atoms with Crippen molar-refractivity contribution >= 4 is 16.3 Å². The highest BCUT2D eigenvalue weighted by atomic mass is 32.3. The molecule has 1 aliphatic heterocycles. The van der Waals surface area contributed by atoms with E-state index in [0.29, 0.717) is 6.42 Å². The molecule has 14 heteroatoms. The van der Waals surface area contributed by atoms with Crippen LogP contribution in [0.5, 0.6) is 0 Å². The summed E-state index contributed by atoms with van der Waals surface area (Å²) in [6.07, 6.45) is 36.1. The number of ether oxygens (including phenoxy) is 2. The van der Waals surface area contributed by atoms with Crippen molar-refractivity contribution < 1.29 is 51.8 Å². The van der Waals surface area contributed by atoms with Crippen LogP contribution in [0.4, 0.5) is 0 Å². The van der Waals surface area contributed by atoms with Gasteiger partial charge < -0.3 is 45.9 Å². The van der Waals surface area contributed by atoms with Crippen molar-refractivity contribution in [3.05, 3.63) is 24.3 Å². The third-order valence-electron chi connectivity index (χ3n) is 11.7. The van der Waals surface area contributed by atoms with Crippen molar-refractivity contribution in [1.82, 2.24) is 11.5 Å². The van der Waals surface area contributed by atoms with Gasteiger partial charge in [0.15, 0.2) is 6.29 Å². The molecule has 0 saturated carbocycles. The van der Waals surface area contributed by atoms with Gasteiger partial charge in [-0.15, -0.1) is 0 Å². The number of carbonyl (C=O) groups is 1. The van der Waals surface area contributed by atoms with Gasteiger partial charge in [-0.1, -0.05) is 192 Å². The molecule has 1 saturated heterocycles. The highest BCUT2D eigenvalue weighted by Crippen LogP contribution is 2.26. The van der Waals surface area contributed by atoms with Gasteiger partial charge >= 0.3 is 0 Å². The Bertz CT molecular complexity index is 1190. The summed E-state index contributed by atoms with van der Waals surface area (Å²) < 4.78 is 49.3. The van der Waals surface area contributed by atoms with Gasteiger partial charge in [-0.3, -0.25) is 8.98 Å². The molecule has 368 valence electrons. The second-order valence-corrected chi connectivity index (χ2v) is 18.4. The molecule has 0 radical (unpaired) electrons. The van der Waals surface area contributed by atoms with Crippen LogP contribution in [0, 0.1) is 0 Å². The van der Waals surface area contributed by atoms with Gasteiger partial charge in [-0.2, -0.15) is 0 Å². The van der Waals surface area contributed by atoms with E-state index in [1.54, 1.807) is 6.08 Å². The normalized spacial score (nSPS) is 20.5. The average Bonchev–Trinajstić information content (AvgIpc) is 3.23. The monoisotopic (exact) mass is 907 g/mol. The summed E-state index contributed by atoms with van der Waals surface area (Å²) in [4.78, 5) is 13.0. The van der Waals surface area contributed by atoms with E-state index in [-0.39, 0.29) is 25.1 Å². The van der Waals surface area contributed by atoms with Gasteiger partial charge in [0.2, 0.25) is 16.3 Å². The van der Waals surface area contributed by atoms with Crippen molar-refractivity contribution in [3.63, 3.8) is 0 Å². The third-order valence-corrected chi connectivity index (χ3v) is 12.2. The van der Waals surface area contributed by atoms with Gasteiger partial charge in [0.25, 0.3) is 0 Å². The fourth-order valence-corrected chi connectivity index (χ4v) is 8.36. The summed E-state index contributed by atoms with van der Waals surface area (Å²) in [6.45, 7) is 3.35. The van der Waals surface area contributed by atoms with Gasteiger partial charge in [0.05, 0.1) is 25.4 Å². The number of rotatable bonds is 42. The Morgan fingerprint density at radius 3 is 1.48 bits per heavy atom. The Hall–Kier alpha value is -1.46. The largest absolute Gasteiger partial charge is 0.726 e. The van der Waals surface area contributed by atoms with Crippen LogP contribution >= 0.6 is 0 Å². The Kier molecular flexibility index (Phi) is 40.0. The lowest BCUT2D eigenvalue weighted by Crippen LogP contribution is -2.61. The first-order chi connectivity index (χ1) is 29.5. The van der Waals surface area contributed by atoms with Gasteiger partial charge in [0, 0.05) is 6.42 Å². The zero-order chi connectivity index (χ0) is 44.8. The van der Waals surface area contributed by atoms with Gasteiger partial charge in [-0.25, -0.2) is 8.42 Å². The Morgan fingerprint density at radius 1 is 0.661 bits per heavy atom. The number of unbranched alkanes of at least 4 members (excludes halogenated alkanes) is 28.